The first-order chi connectivity index (χ1) is 12.5. The fourth-order valence-electron chi connectivity index (χ4n) is 2.51. The van der Waals surface area contributed by atoms with Gasteiger partial charge in [-0.2, -0.15) is 5.10 Å². The number of hydrogen-bond donors (Lipinski definition) is 0. The van der Waals surface area contributed by atoms with Gasteiger partial charge >= 0.3 is 0 Å². The normalized spacial score (nSPS) is 11.0. The third-order valence-electron chi connectivity index (χ3n) is 3.79. The van der Waals surface area contributed by atoms with E-state index in [0.717, 1.165) is 21.3 Å². The molecule has 0 radical (unpaired) electrons. The first kappa shape index (κ1) is 18.4. The maximum atomic E-state index is 12.3. The van der Waals surface area contributed by atoms with Gasteiger partial charge in [-0.3, -0.25) is 9.48 Å². The van der Waals surface area contributed by atoms with Crippen molar-refractivity contribution in [2.24, 2.45) is 0 Å². The van der Waals surface area contributed by atoms with Crippen LogP contribution in [0.4, 0.5) is 0 Å². The Kier molecular flexibility index (Phi) is 5.91. The van der Waals surface area contributed by atoms with Gasteiger partial charge < -0.3 is 4.74 Å². The SMILES string of the molecule is COc1ccc(/C=C/C(=O)c2ccc(Br)cc2)cc1Cn1cc(Cl)cn1. The number of carbonyl (C=O) groups excluding carboxylic acids is 1. The van der Waals surface area contributed by atoms with Crippen molar-refractivity contribution in [3.05, 3.63) is 87.1 Å². The van der Waals surface area contributed by atoms with Crippen molar-refractivity contribution in [3.8, 4) is 5.75 Å². The van der Waals surface area contributed by atoms with Gasteiger partial charge in [-0.1, -0.05) is 39.7 Å². The van der Waals surface area contributed by atoms with Crippen LogP contribution in [-0.2, 0) is 6.54 Å². The van der Waals surface area contributed by atoms with Crippen LogP contribution in [-0.4, -0.2) is 22.7 Å². The quantitative estimate of drug-likeness (QED) is 0.395. The second kappa shape index (κ2) is 8.34. The molecule has 6 heteroatoms. The monoisotopic (exact) mass is 430 g/mol. The molecule has 0 atom stereocenters. The van der Waals surface area contributed by atoms with E-state index in [4.69, 9.17) is 16.3 Å². The van der Waals surface area contributed by atoms with Gasteiger partial charge in [0.25, 0.3) is 0 Å². The molecule has 2 aromatic carbocycles. The van der Waals surface area contributed by atoms with Gasteiger partial charge in [-0.15, -0.1) is 0 Å². The Balaban J connectivity index is 1.80. The van der Waals surface area contributed by atoms with Gasteiger partial charge in [0, 0.05) is 21.8 Å². The molecule has 26 heavy (non-hydrogen) atoms. The largest absolute Gasteiger partial charge is 0.496 e. The number of rotatable bonds is 6. The molecule has 1 aromatic heterocycles. The van der Waals surface area contributed by atoms with E-state index < -0.39 is 0 Å². The van der Waals surface area contributed by atoms with Crippen LogP contribution in [0.25, 0.3) is 6.08 Å². The molecule has 0 aliphatic heterocycles. The smallest absolute Gasteiger partial charge is 0.185 e. The van der Waals surface area contributed by atoms with Crippen molar-refractivity contribution in [2.75, 3.05) is 7.11 Å². The maximum absolute atomic E-state index is 12.3. The van der Waals surface area contributed by atoms with Gasteiger partial charge in [0.1, 0.15) is 5.75 Å². The molecule has 0 aliphatic carbocycles. The summed E-state index contributed by atoms with van der Waals surface area (Å²) in [5, 5.41) is 4.77. The summed E-state index contributed by atoms with van der Waals surface area (Å²) in [5.74, 6) is 0.710. The Hall–Kier alpha value is -2.37. The van der Waals surface area contributed by atoms with Crippen LogP contribution in [0.2, 0.25) is 5.02 Å². The highest BCUT2D eigenvalue weighted by Gasteiger charge is 2.07. The predicted molar refractivity (Wildman–Crippen MR) is 107 cm³/mol. The molecule has 3 rings (SSSR count). The summed E-state index contributed by atoms with van der Waals surface area (Å²) in [6.07, 6.45) is 6.71. The lowest BCUT2D eigenvalue weighted by atomic mass is 10.1. The molecule has 0 fully saturated rings. The Labute approximate surface area is 165 Å². The van der Waals surface area contributed by atoms with Gasteiger partial charge in [0.2, 0.25) is 0 Å². The average Bonchev–Trinajstić information content (AvgIpc) is 3.05. The molecule has 0 saturated carbocycles. The Morgan fingerprint density at radius 1 is 1.27 bits per heavy atom. The highest BCUT2D eigenvalue weighted by Crippen LogP contribution is 2.22. The molecule has 4 nitrogen and oxygen atoms in total. The van der Waals surface area contributed by atoms with Crippen LogP contribution in [0.3, 0.4) is 0 Å². The number of ketones is 1. The zero-order valence-electron chi connectivity index (χ0n) is 14.0. The molecule has 132 valence electrons. The maximum Gasteiger partial charge on any atom is 0.185 e. The molecule has 0 aliphatic rings. The number of carbonyl (C=O) groups is 1. The van der Waals surface area contributed by atoms with Crippen LogP contribution >= 0.6 is 27.5 Å². The van der Waals surface area contributed by atoms with E-state index in [0.29, 0.717) is 17.1 Å². The number of methoxy groups -OCH3 is 1. The third kappa shape index (κ3) is 4.62. The highest BCUT2D eigenvalue weighted by molar-refractivity contribution is 9.10. The van der Waals surface area contributed by atoms with E-state index in [2.05, 4.69) is 21.0 Å². The van der Waals surface area contributed by atoms with Crippen molar-refractivity contribution in [1.29, 1.82) is 0 Å². The molecule has 0 bridgehead atoms. The van der Waals surface area contributed by atoms with Crippen molar-refractivity contribution in [1.82, 2.24) is 9.78 Å². The fraction of sp³-hybridized carbons (Fsp3) is 0.100. The summed E-state index contributed by atoms with van der Waals surface area (Å²) in [4.78, 5) is 12.3. The molecule has 3 aromatic rings. The first-order valence-electron chi connectivity index (χ1n) is 7.88. The fourth-order valence-corrected chi connectivity index (χ4v) is 2.93. The van der Waals surface area contributed by atoms with Crippen molar-refractivity contribution in [3.63, 3.8) is 0 Å². The lowest BCUT2D eigenvalue weighted by Gasteiger charge is -2.09. The molecule has 0 N–H and O–H groups in total. The van der Waals surface area contributed by atoms with E-state index in [1.54, 1.807) is 48.5 Å². The number of halogens is 2. The van der Waals surface area contributed by atoms with Crippen LogP contribution in [0, 0.1) is 0 Å². The number of ether oxygens (including phenoxy) is 1. The van der Waals surface area contributed by atoms with Crippen molar-refractivity contribution < 1.29 is 9.53 Å². The topological polar surface area (TPSA) is 44.1 Å². The van der Waals surface area contributed by atoms with E-state index in [1.807, 2.05) is 30.3 Å². The summed E-state index contributed by atoms with van der Waals surface area (Å²) in [7, 11) is 1.63. The van der Waals surface area contributed by atoms with Gasteiger partial charge in [0.15, 0.2) is 5.78 Å². The second-order valence-electron chi connectivity index (χ2n) is 5.63. The zero-order chi connectivity index (χ0) is 18.5. The minimum absolute atomic E-state index is 0.0475. The van der Waals surface area contributed by atoms with E-state index in [1.165, 1.54) is 0 Å². The van der Waals surface area contributed by atoms with Crippen LogP contribution < -0.4 is 4.74 Å². The Morgan fingerprint density at radius 2 is 2.04 bits per heavy atom. The Bertz CT molecular complexity index is 949. The zero-order valence-corrected chi connectivity index (χ0v) is 16.4. The van der Waals surface area contributed by atoms with Crippen LogP contribution in [0.5, 0.6) is 5.75 Å². The number of allylic oxidation sites excluding steroid dienone is 1. The molecule has 0 unspecified atom stereocenters. The first-order valence-corrected chi connectivity index (χ1v) is 9.05. The van der Waals surface area contributed by atoms with E-state index in [9.17, 15) is 4.79 Å². The molecule has 0 amide bonds. The molecular formula is C20H16BrClN2O2. The van der Waals surface area contributed by atoms with Crippen LogP contribution in [0.15, 0.2) is 65.4 Å². The number of hydrogen-bond acceptors (Lipinski definition) is 3. The Morgan fingerprint density at radius 3 is 2.69 bits per heavy atom. The van der Waals surface area contributed by atoms with E-state index >= 15 is 0 Å². The minimum Gasteiger partial charge on any atom is -0.496 e. The third-order valence-corrected chi connectivity index (χ3v) is 4.52. The molecular weight excluding hydrogens is 416 g/mol. The number of nitrogens with zero attached hydrogens (tertiary/aromatic N) is 2. The standard InChI is InChI=1S/C20H16BrClN2O2/c1-26-20-9-3-14(10-16(20)12-24-13-18(22)11-23-24)2-8-19(25)15-4-6-17(21)7-5-15/h2-11,13H,12H2,1H3/b8-2+. The summed E-state index contributed by atoms with van der Waals surface area (Å²) in [5.41, 5.74) is 2.50. The highest BCUT2D eigenvalue weighted by atomic mass is 79.9. The van der Waals surface area contributed by atoms with Gasteiger partial charge in [0.05, 0.1) is 24.9 Å². The van der Waals surface area contributed by atoms with Crippen molar-refractivity contribution in [2.45, 2.75) is 6.54 Å². The van der Waals surface area contributed by atoms with Crippen LogP contribution in [0.1, 0.15) is 21.5 Å². The molecule has 1 heterocycles. The van der Waals surface area contributed by atoms with Gasteiger partial charge in [-0.25, -0.2) is 0 Å². The summed E-state index contributed by atoms with van der Waals surface area (Å²) < 4.78 is 8.09. The lowest BCUT2D eigenvalue weighted by Crippen LogP contribution is -2.02. The second-order valence-corrected chi connectivity index (χ2v) is 6.98. The predicted octanol–water partition coefficient (Wildman–Crippen LogP) is 5.25. The number of benzene rings is 2. The summed E-state index contributed by atoms with van der Waals surface area (Å²) in [6.45, 7) is 0.526. The summed E-state index contributed by atoms with van der Waals surface area (Å²) >= 11 is 9.28. The minimum atomic E-state index is -0.0475. The lowest BCUT2D eigenvalue weighted by molar-refractivity contribution is 0.104. The number of aromatic nitrogens is 2. The molecule has 0 spiro atoms. The average molecular weight is 432 g/mol. The van der Waals surface area contributed by atoms with Gasteiger partial charge in [-0.05, 0) is 48.0 Å². The molecule has 0 saturated heterocycles. The van der Waals surface area contributed by atoms with E-state index in [-0.39, 0.29) is 5.78 Å². The summed E-state index contributed by atoms with van der Waals surface area (Å²) in [6, 6.07) is 13.0. The van der Waals surface area contributed by atoms with Crippen molar-refractivity contribution >= 4 is 39.4 Å².